The molecule has 0 spiro atoms. The summed E-state index contributed by atoms with van der Waals surface area (Å²) in [6.07, 6.45) is 1.80. The quantitative estimate of drug-likeness (QED) is 0.679. The van der Waals surface area contributed by atoms with Gasteiger partial charge in [0.25, 0.3) is 0 Å². The fraction of sp³-hybridized carbons (Fsp3) is 0. The van der Waals surface area contributed by atoms with Crippen LogP contribution < -0.4 is 0 Å². The summed E-state index contributed by atoms with van der Waals surface area (Å²) in [5, 5.41) is 11.5. The average Bonchev–Trinajstić information content (AvgIpc) is 2.40. The normalized spacial score (nSPS) is 10.6. The highest BCUT2D eigenvalue weighted by atomic mass is 32.2. The van der Waals surface area contributed by atoms with Gasteiger partial charge in [-0.05, 0) is 12.1 Å². The summed E-state index contributed by atoms with van der Waals surface area (Å²) in [6, 6.07) is 18.4. The fourth-order valence-corrected chi connectivity index (χ4v) is 2.58. The summed E-state index contributed by atoms with van der Waals surface area (Å²) in [6.45, 7) is 0. The van der Waals surface area contributed by atoms with Gasteiger partial charge in [0.2, 0.25) is 0 Å². The number of benzene rings is 2. The maximum Gasteiger partial charge on any atom is 0.131 e. The third-order valence-corrected chi connectivity index (χ3v) is 3.50. The van der Waals surface area contributed by atoms with Gasteiger partial charge in [0.05, 0.1) is 6.20 Å². The van der Waals surface area contributed by atoms with Crippen molar-refractivity contribution >= 4 is 22.5 Å². The van der Waals surface area contributed by atoms with E-state index in [-0.39, 0.29) is 0 Å². The van der Waals surface area contributed by atoms with E-state index in [1.165, 1.54) is 4.90 Å². The molecule has 0 aliphatic heterocycles. The predicted molar refractivity (Wildman–Crippen MR) is 70.1 cm³/mol. The number of rotatable bonds is 2. The lowest BCUT2D eigenvalue weighted by Gasteiger charge is -2.03. The maximum absolute atomic E-state index is 4.22. The molecule has 3 aromatic rings. The first-order valence-corrected chi connectivity index (χ1v) is 6.18. The summed E-state index contributed by atoms with van der Waals surface area (Å²) >= 11 is 1.64. The van der Waals surface area contributed by atoms with Gasteiger partial charge in [-0.2, -0.15) is 5.10 Å². The molecule has 1 aromatic heterocycles. The smallest absolute Gasteiger partial charge is 0.131 e. The minimum Gasteiger partial charge on any atom is -0.157 e. The molecule has 1 heterocycles. The molecule has 0 saturated carbocycles. The summed E-state index contributed by atoms with van der Waals surface area (Å²) in [5.41, 5.74) is 0. The molecule has 0 unspecified atom stereocenters. The van der Waals surface area contributed by atoms with Crippen LogP contribution in [-0.2, 0) is 0 Å². The van der Waals surface area contributed by atoms with Crippen LogP contribution in [0, 0.1) is 0 Å². The van der Waals surface area contributed by atoms with Gasteiger partial charge in [-0.1, -0.05) is 54.2 Å². The summed E-state index contributed by atoms with van der Waals surface area (Å²) in [7, 11) is 0. The van der Waals surface area contributed by atoms with Crippen molar-refractivity contribution in [2.24, 2.45) is 0 Å². The van der Waals surface area contributed by atoms with Gasteiger partial charge in [0.1, 0.15) is 5.03 Å². The van der Waals surface area contributed by atoms with E-state index in [4.69, 9.17) is 0 Å². The zero-order chi connectivity index (χ0) is 11.5. The first kappa shape index (κ1) is 10.3. The number of hydrogen-bond donors (Lipinski definition) is 0. The van der Waals surface area contributed by atoms with Gasteiger partial charge in [0, 0.05) is 15.7 Å². The van der Waals surface area contributed by atoms with Crippen LogP contribution in [0.25, 0.3) is 10.8 Å². The number of fused-ring (bicyclic) bond motifs is 1. The lowest BCUT2D eigenvalue weighted by atomic mass is 10.2. The molecule has 2 nitrogen and oxygen atoms in total. The standard InChI is InChI=1S/C14H10N2S/c1-2-7-12(8-3-1)17-14-13-9-5-4-6-11(13)10-15-16-14/h1-10H. The van der Waals surface area contributed by atoms with Gasteiger partial charge in [-0.3, -0.25) is 0 Å². The Bertz CT molecular complexity index is 633. The first-order chi connectivity index (χ1) is 8.43. The second-order valence-electron chi connectivity index (χ2n) is 3.65. The highest BCUT2D eigenvalue weighted by Gasteiger charge is 2.04. The topological polar surface area (TPSA) is 25.8 Å². The average molecular weight is 238 g/mol. The SMILES string of the molecule is c1ccc(Sc2nncc3ccccc23)cc1. The summed E-state index contributed by atoms with van der Waals surface area (Å²) < 4.78 is 0. The highest BCUT2D eigenvalue weighted by Crippen LogP contribution is 2.30. The Balaban J connectivity index is 2.06. The Morgan fingerprint density at radius 2 is 1.59 bits per heavy atom. The minimum absolute atomic E-state index is 0.953. The van der Waals surface area contributed by atoms with Crippen LogP contribution >= 0.6 is 11.8 Å². The lowest BCUT2D eigenvalue weighted by molar-refractivity contribution is 0.956. The van der Waals surface area contributed by atoms with Crippen molar-refractivity contribution in [3.8, 4) is 0 Å². The van der Waals surface area contributed by atoms with Crippen LogP contribution in [-0.4, -0.2) is 10.2 Å². The van der Waals surface area contributed by atoms with Gasteiger partial charge < -0.3 is 0 Å². The van der Waals surface area contributed by atoms with Crippen LogP contribution in [0.5, 0.6) is 0 Å². The predicted octanol–water partition coefficient (Wildman–Crippen LogP) is 3.78. The molecule has 0 aliphatic rings. The van der Waals surface area contributed by atoms with Crippen molar-refractivity contribution in [2.45, 2.75) is 9.92 Å². The molecule has 0 saturated heterocycles. The molecule has 0 N–H and O–H groups in total. The van der Waals surface area contributed by atoms with Crippen LogP contribution in [0.1, 0.15) is 0 Å². The van der Waals surface area contributed by atoms with E-state index in [1.54, 1.807) is 18.0 Å². The van der Waals surface area contributed by atoms with Crippen LogP contribution in [0.3, 0.4) is 0 Å². The molecule has 17 heavy (non-hydrogen) atoms. The molecular weight excluding hydrogens is 228 g/mol. The van der Waals surface area contributed by atoms with Gasteiger partial charge in [0.15, 0.2) is 0 Å². The minimum atomic E-state index is 0.953. The molecule has 2 aromatic carbocycles. The maximum atomic E-state index is 4.22. The largest absolute Gasteiger partial charge is 0.157 e. The van der Waals surface area contributed by atoms with Crippen molar-refractivity contribution in [1.29, 1.82) is 0 Å². The third kappa shape index (κ3) is 2.15. The lowest BCUT2D eigenvalue weighted by Crippen LogP contribution is -1.86. The van der Waals surface area contributed by atoms with E-state index in [2.05, 4.69) is 34.5 Å². The van der Waals surface area contributed by atoms with E-state index in [9.17, 15) is 0 Å². The Kier molecular flexibility index (Phi) is 2.76. The third-order valence-electron chi connectivity index (χ3n) is 2.49. The van der Waals surface area contributed by atoms with Crippen LogP contribution in [0.2, 0.25) is 0 Å². The second kappa shape index (κ2) is 4.55. The first-order valence-electron chi connectivity index (χ1n) is 5.37. The molecule has 0 bridgehead atoms. The summed E-state index contributed by atoms with van der Waals surface area (Å²) in [4.78, 5) is 1.18. The molecule has 0 aliphatic carbocycles. The van der Waals surface area contributed by atoms with Crippen molar-refractivity contribution in [3.05, 3.63) is 60.8 Å². The van der Waals surface area contributed by atoms with E-state index >= 15 is 0 Å². The van der Waals surface area contributed by atoms with Crippen LogP contribution in [0.15, 0.2) is 70.7 Å². The molecule has 0 radical (unpaired) electrons. The fourth-order valence-electron chi connectivity index (χ4n) is 1.68. The number of hydrogen-bond acceptors (Lipinski definition) is 3. The van der Waals surface area contributed by atoms with Crippen LogP contribution in [0.4, 0.5) is 0 Å². The molecular formula is C14H10N2S. The van der Waals surface area contributed by atoms with Gasteiger partial charge >= 0.3 is 0 Å². The van der Waals surface area contributed by atoms with Crippen molar-refractivity contribution < 1.29 is 0 Å². The molecule has 0 atom stereocenters. The van der Waals surface area contributed by atoms with Crippen molar-refractivity contribution in [1.82, 2.24) is 10.2 Å². The zero-order valence-electron chi connectivity index (χ0n) is 9.08. The van der Waals surface area contributed by atoms with Crippen molar-refractivity contribution in [2.75, 3.05) is 0 Å². The van der Waals surface area contributed by atoms with E-state index in [1.807, 2.05) is 30.3 Å². The Labute approximate surface area is 104 Å². The molecule has 82 valence electrons. The summed E-state index contributed by atoms with van der Waals surface area (Å²) in [5.74, 6) is 0. The molecule has 0 fully saturated rings. The second-order valence-corrected chi connectivity index (χ2v) is 4.71. The van der Waals surface area contributed by atoms with E-state index in [0.29, 0.717) is 0 Å². The van der Waals surface area contributed by atoms with Gasteiger partial charge in [-0.25, -0.2) is 0 Å². The zero-order valence-corrected chi connectivity index (χ0v) is 9.89. The number of nitrogens with zero attached hydrogens (tertiary/aromatic N) is 2. The van der Waals surface area contributed by atoms with Gasteiger partial charge in [-0.15, -0.1) is 5.10 Å². The molecule has 3 heteroatoms. The van der Waals surface area contributed by atoms with Crippen molar-refractivity contribution in [3.63, 3.8) is 0 Å². The Hall–Kier alpha value is -1.87. The Morgan fingerprint density at radius 3 is 2.47 bits per heavy atom. The van der Waals surface area contributed by atoms with E-state index < -0.39 is 0 Å². The monoisotopic (exact) mass is 238 g/mol. The van der Waals surface area contributed by atoms with E-state index in [0.717, 1.165) is 15.8 Å². The highest BCUT2D eigenvalue weighted by molar-refractivity contribution is 7.99. The Morgan fingerprint density at radius 1 is 0.824 bits per heavy atom. The number of aromatic nitrogens is 2. The molecule has 3 rings (SSSR count). The molecule has 0 amide bonds.